The van der Waals surface area contributed by atoms with Gasteiger partial charge in [0.2, 0.25) is 0 Å². The highest BCUT2D eigenvalue weighted by molar-refractivity contribution is 6.05. The average molecular weight is 292 g/mol. The van der Waals surface area contributed by atoms with Crippen LogP contribution in [0.2, 0.25) is 0 Å². The summed E-state index contributed by atoms with van der Waals surface area (Å²) < 4.78 is 0. The first-order chi connectivity index (χ1) is 10.5. The number of rotatable bonds is 2. The number of carbonyl (C=O) groups is 1. The molecule has 0 spiro atoms. The van der Waals surface area contributed by atoms with E-state index in [1.807, 2.05) is 39.0 Å². The molecule has 1 amide bonds. The molecule has 3 rings (SSSR count). The summed E-state index contributed by atoms with van der Waals surface area (Å²) >= 11 is 0. The Morgan fingerprint density at radius 2 is 1.68 bits per heavy atom. The number of hydrogen-bond acceptors (Lipinski definition) is 4. The Labute approximate surface area is 128 Å². The van der Waals surface area contributed by atoms with Crippen molar-refractivity contribution in [2.24, 2.45) is 0 Å². The lowest BCUT2D eigenvalue weighted by Crippen LogP contribution is -2.12. The lowest BCUT2D eigenvalue weighted by atomic mass is 10.1. The van der Waals surface area contributed by atoms with E-state index in [9.17, 15) is 4.79 Å². The molecule has 1 N–H and O–H groups in total. The van der Waals surface area contributed by atoms with E-state index in [1.54, 1.807) is 18.3 Å². The fourth-order valence-corrected chi connectivity index (χ4v) is 2.12. The first-order valence-corrected chi connectivity index (χ1v) is 7.02. The number of nitrogens with one attached hydrogen (secondary N) is 1. The number of pyridine rings is 1. The van der Waals surface area contributed by atoms with Crippen LogP contribution in [0.5, 0.6) is 0 Å². The van der Waals surface area contributed by atoms with E-state index in [4.69, 9.17) is 0 Å². The van der Waals surface area contributed by atoms with Gasteiger partial charge in [0.1, 0.15) is 0 Å². The predicted molar refractivity (Wildman–Crippen MR) is 85.9 cm³/mol. The third-order valence-electron chi connectivity index (χ3n) is 3.51. The number of anilines is 1. The van der Waals surface area contributed by atoms with Crippen molar-refractivity contribution in [2.45, 2.75) is 20.8 Å². The highest BCUT2D eigenvalue weighted by atomic mass is 16.1. The summed E-state index contributed by atoms with van der Waals surface area (Å²) in [5.41, 5.74) is 5.40. The predicted octanol–water partition coefficient (Wildman–Crippen LogP) is 3.20. The van der Waals surface area contributed by atoms with Gasteiger partial charge in [-0.05, 0) is 51.1 Å². The Bertz CT molecular complexity index is 856. The molecule has 0 saturated heterocycles. The summed E-state index contributed by atoms with van der Waals surface area (Å²) in [6.07, 6.45) is 1.64. The molecule has 110 valence electrons. The van der Waals surface area contributed by atoms with Crippen LogP contribution in [0.4, 0.5) is 5.69 Å². The maximum Gasteiger partial charge on any atom is 0.255 e. The minimum absolute atomic E-state index is 0.187. The van der Waals surface area contributed by atoms with Gasteiger partial charge in [-0.15, -0.1) is 0 Å². The van der Waals surface area contributed by atoms with Crippen LogP contribution in [0, 0.1) is 20.8 Å². The second-order valence-electron chi connectivity index (χ2n) is 5.24. The molecule has 22 heavy (non-hydrogen) atoms. The molecular formula is C17H16N4O. The zero-order chi connectivity index (χ0) is 15.7. The molecule has 5 nitrogen and oxygen atoms in total. The van der Waals surface area contributed by atoms with Crippen LogP contribution in [-0.4, -0.2) is 20.9 Å². The summed E-state index contributed by atoms with van der Waals surface area (Å²) in [4.78, 5) is 25.4. The standard InChI is InChI=1S/C17H16N4O/c1-10-4-6-14(9-18-10)21-17(22)13-5-7-15-16(8-13)20-12(3)11(2)19-15/h4-9H,1-3H3,(H,21,22). The third kappa shape index (κ3) is 2.79. The molecule has 1 aromatic carbocycles. The molecule has 0 aliphatic heterocycles. The molecular weight excluding hydrogens is 276 g/mol. The zero-order valence-electron chi connectivity index (χ0n) is 12.7. The molecule has 0 unspecified atom stereocenters. The van der Waals surface area contributed by atoms with Crippen LogP contribution >= 0.6 is 0 Å². The monoisotopic (exact) mass is 292 g/mol. The van der Waals surface area contributed by atoms with Gasteiger partial charge in [-0.3, -0.25) is 9.78 Å². The minimum Gasteiger partial charge on any atom is -0.321 e. The van der Waals surface area contributed by atoms with Gasteiger partial charge in [0, 0.05) is 11.3 Å². The van der Waals surface area contributed by atoms with E-state index in [-0.39, 0.29) is 5.91 Å². The van der Waals surface area contributed by atoms with Gasteiger partial charge in [0.05, 0.1) is 34.3 Å². The van der Waals surface area contributed by atoms with Crippen LogP contribution in [0.3, 0.4) is 0 Å². The maximum absolute atomic E-state index is 12.3. The van der Waals surface area contributed by atoms with Crippen LogP contribution in [0.15, 0.2) is 36.5 Å². The zero-order valence-corrected chi connectivity index (χ0v) is 12.7. The van der Waals surface area contributed by atoms with E-state index in [0.29, 0.717) is 11.3 Å². The fourth-order valence-electron chi connectivity index (χ4n) is 2.12. The van der Waals surface area contributed by atoms with Crippen molar-refractivity contribution in [3.05, 3.63) is 59.2 Å². The quantitative estimate of drug-likeness (QED) is 0.787. The Morgan fingerprint density at radius 3 is 2.36 bits per heavy atom. The number of fused-ring (bicyclic) bond motifs is 1. The molecule has 2 aromatic heterocycles. The van der Waals surface area contributed by atoms with Crippen molar-refractivity contribution < 1.29 is 4.79 Å². The SMILES string of the molecule is Cc1ccc(NC(=O)c2ccc3nc(C)c(C)nc3c2)cn1. The molecule has 0 aliphatic rings. The molecule has 3 aromatic rings. The molecule has 0 aliphatic carbocycles. The number of nitrogens with zero attached hydrogens (tertiary/aromatic N) is 3. The van der Waals surface area contributed by atoms with Crippen molar-refractivity contribution >= 4 is 22.6 Å². The molecule has 0 bridgehead atoms. The van der Waals surface area contributed by atoms with E-state index in [0.717, 1.165) is 28.1 Å². The van der Waals surface area contributed by atoms with Crippen LogP contribution in [0.25, 0.3) is 11.0 Å². The third-order valence-corrected chi connectivity index (χ3v) is 3.51. The number of benzene rings is 1. The largest absolute Gasteiger partial charge is 0.321 e. The smallest absolute Gasteiger partial charge is 0.255 e. The second-order valence-corrected chi connectivity index (χ2v) is 5.24. The van der Waals surface area contributed by atoms with Crippen molar-refractivity contribution in [3.63, 3.8) is 0 Å². The topological polar surface area (TPSA) is 67.8 Å². The fraction of sp³-hybridized carbons (Fsp3) is 0.176. The van der Waals surface area contributed by atoms with E-state index in [1.165, 1.54) is 0 Å². The first-order valence-electron chi connectivity index (χ1n) is 7.02. The van der Waals surface area contributed by atoms with Crippen LogP contribution in [-0.2, 0) is 0 Å². The molecule has 5 heteroatoms. The summed E-state index contributed by atoms with van der Waals surface area (Å²) in [5, 5.41) is 2.83. The number of carbonyl (C=O) groups excluding carboxylic acids is 1. The minimum atomic E-state index is -0.187. The number of aromatic nitrogens is 3. The number of amides is 1. The Kier molecular flexibility index (Phi) is 3.55. The van der Waals surface area contributed by atoms with E-state index < -0.39 is 0 Å². The Balaban J connectivity index is 1.90. The number of aryl methyl sites for hydroxylation is 3. The maximum atomic E-state index is 12.3. The van der Waals surface area contributed by atoms with Gasteiger partial charge in [0.15, 0.2) is 0 Å². The normalized spacial score (nSPS) is 10.7. The van der Waals surface area contributed by atoms with Crippen LogP contribution < -0.4 is 5.32 Å². The average Bonchev–Trinajstić information content (AvgIpc) is 2.50. The Hall–Kier alpha value is -2.82. The molecule has 0 radical (unpaired) electrons. The summed E-state index contributed by atoms with van der Waals surface area (Å²) in [6, 6.07) is 9.01. The van der Waals surface area contributed by atoms with Gasteiger partial charge in [0.25, 0.3) is 5.91 Å². The van der Waals surface area contributed by atoms with Gasteiger partial charge >= 0.3 is 0 Å². The van der Waals surface area contributed by atoms with Crippen molar-refractivity contribution in [3.8, 4) is 0 Å². The van der Waals surface area contributed by atoms with E-state index in [2.05, 4.69) is 20.3 Å². The van der Waals surface area contributed by atoms with Crippen molar-refractivity contribution in [1.82, 2.24) is 15.0 Å². The lowest BCUT2D eigenvalue weighted by molar-refractivity contribution is 0.102. The van der Waals surface area contributed by atoms with Gasteiger partial charge in [-0.1, -0.05) is 0 Å². The molecule has 2 heterocycles. The number of hydrogen-bond donors (Lipinski definition) is 1. The van der Waals surface area contributed by atoms with Gasteiger partial charge < -0.3 is 5.32 Å². The lowest BCUT2D eigenvalue weighted by Gasteiger charge is -2.07. The highest BCUT2D eigenvalue weighted by Gasteiger charge is 2.09. The molecule has 0 fully saturated rings. The highest BCUT2D eigenvalue weighted by Crippen LogP contribution is 2.16. The Morgan fingerprint density at radius 1 is 0.955 bits per heavy atom. The summed E-state index contributed by atoms with van der Waals surface area (Å²) in [7, 11) is 0. The van der Waals surface area contributed by atoms with Gasteiger partial charge in [-0.25, -0.2) is 9.97 Å². The molecule has 0 saturated carbocycles. The van der Waals surface area contributed by atoms with Gasteiger partial charge in [-0.2, -0.15) is 0 Å². The van der Waals surface area contributed by atoms with Crippen LogP contribution in [0.1, 0.15) is 27.4 Å². The summed E-state index contributed by atoms with van der Waals surface area (Å²) in [5.74, 6) is -0.187. The van der Waals surface area contributed by atoms with E-state index >= 15 is 0 Å². The molecule has 0 atom stereocenters. The van der Waals surface area contributed by atoms with Crippen molar-refractivity contribution in [1.29, 1.82) is 0 Å². The van der Waals surface area contributed by atoms with Crippen molar-refractivity contribution in [2.75, 3.05) is 5.32 Å². The first kappa shape index (κ1) is 14.1. The summed E-state index contributed by atoms with van der Waals surface area (Å²) in [6.45, 7) is 5.73. The second kappa shape index (κ2) is 5.52.